The smallest absolute Gasteiger partial charge is 0.206 e. The molecule has 0 saturated heterocycles. The van der Waals surface area contributed by atoms with Crippen LogP contribution < -0.4 is 0 Å². The first-order valence-electron chi connectivity index (χ1n) is 4.99. The van der Waals surface area contributed by atoms with Crippen LogP contribution in [-0.4, -0.2) is 8.42 Å². The zero-order valence-corrected chi connectivity index (χ0v) is 10.7. The van der Waals surface area contributed by atoms with E-state index < -0.39 is 9.84 Å². The van der Waals surface area contributed by atoms with Crippen LogP contribution >= 0.6 is 11.6 Å². The van der Waals surface area contributed by atoms with Gasteiger partial charge in [-0.1, -0.05) is 29.8 Å². The van der Waals surface area contributed by atoms with Gasteiger partial charge >= 0.3 is 0 Å². The van der Waals surface area contributed by atoms with Crippen molar-refractivity contribution < 1.29 is 8.42 Å². The number of benzene rings is 2. The topological polar surface area (TPSA) is 34.1 Å². The molecular weight excluding hydrogens is 256 g/mol. The molecule has 2 rings (SSSR count). The second-order valence-corrected chi connectivity index (χ2v) is 6.01. The van der Waals surface area contributed by atoms with Crippen molar-refractivity contribution in [2.45, 2.75) is 16.7 Å². The molecule has 1 radical (unpaired) electrons. The Balaban J connectivity index is 2.57. The fraction of sp³-hybridized carbons (Fsp3) is 0.0769. The minimum Gasteiger partial charge on any atom is -0.219 e. The average Bonchev–Trinajstić information content (AvgIpc) is 2.33. The van der Waals surface area contributed by atoms with Crippen molar-refractivity contribution in [2.75, 3.05) is 0 Å². The third kappa shape index (κ3) is 2.35. The third-order valence-electron chi connectivity index (χ3n) is 2.45. The Morgan fingerprint density at radius 2 is 1.71 bits per heavy atom. The van der Waals surface area contributed by atoms with Gasteiger partial charge < -0.3 is 0 Å². The molecule has 0 bridgehead atoms. The van der Waals surface area contributed by atoms with E-state index in [-0.39, 0.29) is 9.79 Å². The Morgan fingerprint density at radius 1 is 1.06 bits per heavy atom. The summed E-state index contributed by atoms with van der Waals surface area (Å²) >= 11 is 5.94. The molecule has 2 nitrogen and oxygen atoms in total. The first kappa shape index (κ1) is 12.1. The van der Waals surface area contributed by atoms with Crippen LogP contribution in [-0.2, 0) is 9.84 Å². The van der Waals surface area contributed by atoms with Crippen molar-refractivity contribution >= 4 is 21.4 Å². The van der Waals surface area contributed by atoms with Crippen molar-refractivity contribution in [1.82, 2.24) is 0 Å². The van der Waals surface area contributed by atoms with Crippen LogP contribution in [0, 0.1) is 13.0 Å². The van der Waals surface area contributed by atoms with Crippen LogP contribution in [0.1, 0.15) is 5.56 Å². The summed E-state index contributed by atoms with van der Waals surface area (Å²) in [5.74, 6) is 0. The van der Waals surface area contributed by atoms with Gasteiger partial charge in [0.15, 0.2) is 0 Å². The van der Waals surface area contributed by atoms with E-state index in [1.54, 1.807) is 24.3 Å². The zero-order chi connectivity index (χ0) is 12.5. The summed E-state index contributed by atoms with van der Waals surface area (Å²) in [5.41, 5.74) is 0.854. The molecule has 0 aromatic heterocycles. The molecule has 0 unspecified atom stereocenters. The lowest BCUT2D eigenvalue weighted by Gasteiger charge is -2.05. The monoisotopic (exact) mass is 265 g/mol. The lowest BCUT2D eigenvalue weighted by atomic mass is 10.2. The molecule has 0 spiro atoms. The molecule has 0 aliphatic carbocycles. The zero-order valence-electron chi connectivity index (χ0n) is 9.14. The number of hydrogen-bond acceptors (Lipinski definition) is 2. The SMILES string of the molecule is Cc1ccc(S(=O)(=O)c2cc[c]cc2)cc1Cl. The molecule has 0 aliphatic heterocycles. The number of hydrogen-bond donors (Lipinski definition) is 0. The van der Waals surface area contributed by atoms with Crippen molar-refractivity contribution in [3.8, 4) is 0 Å². The molecule has 87 valence electrons. The maximum atomic E-state index is 12.2. The molecule has 0 aliphatic rings. The maximum absolute atomic E-state index is 12.2. The fourth-order valence-electron chi connectivity index (χ4n) is 1.43. The molecule has 0 amide bonds. The summed E-state index contributed by atoms with van der Waals surface area (Å²) in [6.45, 7) is 1.83. The Kier molecular flexibility index (Phi) is 3.22. The average molecular weight is 266 g/mol. The molecule has 4 heteroatoms. The van der Waals surface area contributed by atoms with Crippen LogP contribution in [0.15, 0.2) is 52.3 Å². The van der Waals surface area contributed by atoms with Gasteiger partial charge in [0.1, 0.15) is 0 Å². The Hall–Kier alpha value is -1.32. The molecular formula is C13H10ClO2S. The number of sulfone groups is 1. The summed E-state index contributed by atoms with van der Waals surface area (Å²) < 4.78 is 24.4. The van der Waals surface area contributed by atoms with E-state index in [4.69, 9.17) is 11.6 Å². The van der Waals surface area contributed by atoms with Crippen LogP contribution in [0.5, 0.6) is 0 Å². The number of rotatable bonds is 2. The third-order valence-corrected chi connectivity index (χ3v) is 4.63. The highest BCUT2D eigenvalue weighted by Gasteiger charge is 2.17. The molecule has 0 N–H and O–H groups in total. The van der Waals surface area contributed by atoms with Gasteiger partial charge in [0.25, 0.3) is 0 Å². The molecule has 2 aromatic carbocycles. The lowest BCUT2D eigenvalue weighted by molar-refractivity contribution is 0.596. The van der Waals surface area contributed by atoms with Crippen molar-refractivity contribution in [1.29, 1.82) is 0 Å². The summed E-state index contributed by atoms with van der Waals surface area (Å²) in [7, 11) is -3.48. The first-order chi connectivity index (χ1) is 8.01. The molecule has 2 aromatic rings. The van der Waals surface area contributed by atoms with Crippen LogP contribution in [0.3, 0.4) is 0 Å². The summed E-state index contributed by atoms with van der Waals surface area (Å²) in [6, 6.07) is 13.7. The largest absolute Gasteiger partial charge is 0.219 e. The Bertz CT molecular complexity index is 634. The Labute approximate surface area is 106 Å². The minimum atomic E-state index is -3.48. The van der Waals surface area contributed by atoms with E-state index in [1.807, 2.05) is 6.92 Å². The quantitative estimate of drug-likeness (QED) is 0.835. The molecule has 0 saturated carbocycles. The van der Waals surface area contributed by atoms with E-state index in [1.165, 1.54) is 18.2 Å². The highest BCUT2D eigenvalue weighted by molar-refractivity contribution is 7.91. The second kappa shape index (κ2) is 4.51. The predicted molar refractivity (Wildman–Crippen MR) is 66.9 cm³/mol. The standard InChI is InChI=1S/C13H10ClO2S/c1-10-7-8-12(9-13(10)14)17(15,16)11-5-3-2-4-6-11/h3-9H,1H3. The van der Waals surface area contributed by atoms with Gasteiger partial charge in [0.05, 0.1) is 9.79 Å². The molecule has 0 atom stereocenters. The van der Waals surface area contributed by atoms with Gasteiger partial charge in [0, 0.05) is 5.02 Å². The summed E-state index contributed by atoms with van der Waals surface area (Å²) in [4.78, 5) is 0.454. The van der Waals surface area contributed by atoms with Gasteiger partial charge in [-0.05, 0) is 42.8 Å². The fourth-order valence-corrected chi connectivity index (χ4v) is 2.96. The normalized spacial score (nSPS) is 11.4. The van der Waals surface area contributed by atoms with E-state index in [9.17, 15) is 8.42 Å². The van der Waals surface area contributed by atoms with Gasteiger partial charge in [-0.15, -0.1) is 0 Å². The predicted octanol–water partition coefficient (Wildman–Crippen LogP) is 3.28. The highest BCUT2D eigenvalue weighted by Crippen LogP contribution is 2.25. The van der Waals surface area contributed by atoms with E-state index in [0.29, 0.717) is 5.02 Å². The van der Waals surface area contributed by atoms with Gasteiger partial charge in [-0.25, -0.2) is 8.42 Å². The number of aryl methyl sites for hydroxylation is 1. The lowest BCUT2D eigenvalue weighted by Crippen LogP contribution is -2.01. The highest BCUT2D eigenvalue weighted by atomic mass is 35.5. The first-order valence-corrected chi connectivity index (χ1v) is 6.85. The molecule has 0 heterocycles. The molecule has 0 fully saturated rings. The van der Waals surface area contributed by atoms with Crippen LogP contribution in [0.2, 0.25) is 5.02 Å². The van der Waals surface area contributed by atoms with Crippen molar-refractivity contribution in [3.05, 3.63) is 59.1 Å². The van der Waals surface area contributed by atoms with Crippen molar-refractivity contribution in [2.24, 2.45) is 0 Å². The van der Waals surface area contributed by atoms with Gasteiger partial charge in [-0.2, -0.15) is 0 Å². The maximum Gasteiger partial charge on any atom is 0.206 e. The van der Waals surface area contributed by atoms with E-state index in [2.05, 4.69) is 6.07 Å². The van der Waals surface area contributed by atoms with Gasteiger partial charge in [0.2, 0.25) is 9.84 Å². The van der Waals surface area contributed by atoms with Crippen molar-refractivity contribution in [3.63, 3.8) is 0 Å². The second-order valence-electron chi connectivity index (χ2n) is 3.65. The van der Waals surface area contributed by atoms with Gasteiger partial charge in [-0.3, -0.25) is 0 Å². The number of halogens is 1. The summed E-state index contributed by atoms with van der Waals surface area (Å²) in [6.07, 6.45) is 0. The Morgan fingerprint density at radius 3 is 2.29 bits per heavy atom. The minimum absolute atomic E-state index is 0.208. The molecule has 17 heavy (non-hydrogen) atoms. The van der Waals surface area contributed by atoms with Crippen LogP contribution in [0.4, 0.5) is 0 Å². The summed E-state index contributed by atoms with van der Waals surface area (Å²) in [5, 5.41) is 0.452. The van der Waals surface area contributed by atoms with E-state index in [0.717, 1.165) is 5.56 Å². The van der Waals surface area contributed by atoms with E-state index >= 15 is 0 Å². The van der Waals surface area contributed by atoms with Crippen LogP contribution in [0.25, 0.3) is 0 Å².